The van der Waals surface area contributed by atoms with Crippen molar-refractivity contribution >= 4 is 27.4 Å². The Kier molecular flexibility index (Phi) is 8.00. The zero-order valence-corrected chi connectivity index (χ0v) is 17.3. The lowest BCUT2D eigenvalue weighted by Crippen LogP contribution is -2.39. The second-order valence-electron chi connectivity index (χ2n) is 6.86. The van der Waals surface area contributed by atoms with Gasteiger partial charge in [-0.1, -0.05) is 0 Å². The Hall–Kier alpha value is -1.98. The monoisotopic (exact) mass is 449 g/mol. The van der Waals surface area contributed by atoms with Crippen LogP contribution in [0.2, 0.25) is 0 Å². The summed E-state index contributed by atoms with van der Waals surface area (Å²) in [6.45, 7) is 3.65. The molecule has 1 fully saturated rings. The fraction of sp³-hybridized carbons (Fsp3) is 0.667. The molecule has 0 radical (unpaired) electrons. The fourth-order valence-electron chi connectivity index (χ4n) is 3.19. The third kappa shape index (κ3) is 6.02. The SMILES string of the molecule is Cc1nc2c(N)ncnc2n1[C@@H]1O[C@H](CN(C)CCCN)[C@@H](O)[C@H]1O.O=S(=O)(O)O. The van der Waals surface area contributed by atoms with Crippen molar-refractivity contribution in [2.24, 2.45) is 5.73 Å². The van der Waals surface area contributed by atoms with E-state index in [1.165, 1.54) is 6.33 Å². The molecule has 0 amide bonds. The van der Waals surface area contributed by atoms with Gasteiger partial charge in [-0.15, -0.1) is 0 Å². The van der Waals surface area contributed by atoms with Gasteiger partial charge in [0.05, 0.1) is 0 Å². The molecule has 0 aromatic carbocycles. The number of hydrogen-bond acceptors (Lipinski definition) is 11. The van der Waals surface area contributed by atoms with Gasteiger partial charge in [0.1, 0.15) is 30.5 Å². The lowest BCUT2D eigenvalue weighted by Gasteiger charge is -2.22. The Morgan fingerprint density at radius 1 is 1.27 bits per heavy atom. The molecule has 3 rings (SSSR count). The highest BCUT2D eigenvalue weighted by atomic mass is 32.3. The van der Waals surface area contributed by atoms with Gasteiger partial charge in [0, 0.05) is 6.54 Å². The topological polar surface area (TPSA) is 223 Å². The van der Waals surface area contributed by atoms with Crippen molar-refractivity contribution < 1.29 is 32.5 Å². The number of imidazole rings is 1. The van der Waals surface area contributed by atoms with Crippen LogP contribution >= 0.6 is 0 Å². The second kappa shape index (κ2) is 9.88. The van der Waals surface area contributed by atoms with Crippen molar-refractivity contribution in [1.82, 2.24) is 24.4 Å². The van der Waals surface area contributed by atoms with E-state index in [1.54, 1.807) is 11.5 Å². The number of likely N-dealkylation sites (N-methyl/N-ethyl adjacent to an activating group) is 1. The zero-order valence-electron chi connectivity index (χ0n) is 16.5. The van der Waals surface area contributed by atoms with E-state index >= 15 is 0 Å². The minimum absolute atomic E-state index is 0.262. The van der Waals surface area contributed by atoms with Crippen LogP contribution in [-0.4, -0.2) is 97.1 Å². The van der Waals surface area contributed by atoms with Gasteiger partial charge in [-0.3, -0.25) is 13.7 Å². The number of nitrogens with two attached hydrogens (primary N) is 2. The van der Waals surface area contributed by atoms with Crippen LogP contribution in [0.3, 0.4) is 0 Å². The van der Waals surface area contributed by atoms with Crippen LogP contribution < -0.4 is 11.5 Å². The Morgan fingerprint density at radius 3 is 2.50 bits per heavy atom. The molecule has 30 heavy (non-hydrogen) atoms. The summed E-state index contributed by atoms with van der Waals surface area (Å²) < 4.78 is 39.2. The number of ether oxygens (including phenoxy) is 1. The van der Waals surface area contributed by atoms with Gasteiger partial charge in [-0.05, 0) is 33.5 Å². The maximum Gasteiger partial charge on any atom is 0.394 e. The van der Waals surface area contributed by atoms with E-state index in [-0.39, 0.29) is 5.82 Å². The van der Waals surface area contributed by atoms with Gasteiger partial charge in [0.15, 0.2) is 23.2 Å². The number of aryl methyl sites for hydroxylation is 1. The Labute approximate surface area is 173 Å². The van der Waals surface area contributed by atoms with E-state index in [4.69, 9.17) is 33.7 Å². The molecular formula is C15H27N7O7S. The number of fused-ring (bicyclic) bond motifs is 1. The number of anilines is 1. The fourth-order valence-corrected chi connectivity index (χ4v) is 3.19. The summed E-state index contributed by atoms with van der Waals surface area (Å²) in [6, 6.07) is 0. The first-order valence-electron chi connectivity index (χ1n) is 8.99. The van der Waals surface area contributed by atoms with Crippen LogP contribution in [0.25, 0.3) is 11.2 Å². The van der Waals surface area contributed by atoms with Crippen LogP contribution in [-0.2, 0) is 15.1 Å². The Balaban J connectivity index is 0.000000575. The third-order valence-electron chi connectivity index (χ3n) is 4.51. The average molecular weight is 449 g/mol. The summed E-state index contributed by atoms with van der Waals surface area (Å²) >= 11 is 0. The highest BCUT2D eigenvalue weighted by Gasteiger charge is 2.45. The molecule has 2 aromatic rings. The van der Waals surface area contributed by atoms with E-state index in [9.17, 15) is 10.2 Å². The first-order valence-corrected chi connectivity index (χ1v) is 10.4. The number of nitrogens with zero attached hydrogens (tertiary/aromatic N) is 5. The van der Waals surface area contributed by atoms with Crippen LogP contribution in [0.4, 0.5) is 5.82 Å². The summed E-state index contributed by atoms with van der Waals surface area (Å²) in [5, 5.41) is 20.9. The van der Waals surface area contributed by atoms with Crippen molar-refractivity contribution in [3.63, 3.8) is 0 Å². The summed E-state index contributed by atoms with van der Waals surface area (Å²) in [5.74, 6) is 0.841. The van der Waals surface area contributed by atoms with E-state index in [0.29, 0.717) is 30.1 Å². The third-order valence-corrected chi connectivity index (χ3v) is 4.51. The minimum Gasteiger partial charge on any atom is -0.387 e. The number of aliphatic hydroxyl groups excluding tert-OH is 2. The maximum absolute atomic E-state index is 10.5. The van der Waals surface area contributed by atoms with Gasteiger partial charge >= 0.3 is 10.4 Å². The number of aromatic nitrogens is 4. The lowest BCUT2D eigenvalue weighted by molar-refractivity contribution is -0.0431. The molecule has 1 aliphatic rings. The standard InChI is InChI=1S/C15H25N7O3.H2O4S/c1-8-20-10-13(17)18-7-19-14(10)22(8)15-12(24)11(23)9(25-15)6-21(2)5-3-4-16;1-5(2,3)4/h7,9,11-12,15,23-24H,3-6,16H2,1-2H3,(H2,17,18,19);(H2,1,2,3,4)/t9-,11-,12-,15-;/m1./s1. The molecule has 14 nitrogen and oxygen atoms in total. The van der Waals surface area contributed by atoms with E-state index < -0.39 is 34.9 Å². The predicted octanol–water partition coefficient (Wildman–Crippen LogP) is -2.04. The average Bonchev–Trinajstić information content (AvgIpc) is 3.10. The summed E-state index contributed by atoms with van der Waals surface area (Å²) in [7, 11) is -2.74. The highest BCUT2D eigenvalue weighted by molar-refractivity contribution is 7.79. The van der Waals surface area contributed by atoms with Crippen molar-refractivity contribution in [1.29, 1.82) is 0 Å². The smallest absolute Gasteiger partial charge is 0.387 e. The van der Waals surface area contributed by atoms with Gasteiger partial charge in [-0.2, -0.15) is 8.42 Å². The lowest BCUT2D eigenvalue weighted by atomic mass is 10.1. The molecule has 15 heteroatoms. The quantitative estimate of drug-likeness (QED) is 0.262. The molecule has 0 saturated carbocycles. The molecule has 1 saturated heterocycles. The predicted molar refractivity (Wildman–Crippen MR) is 106 cm³/mol. The van der Waals surface area contributed by atoms with Gasteiger partial charge in [0.25, 0.3) is 0 Å². The van der Waals surface area contributed by atoms with Crippen molar-refractivity contribution in [2.75, 3.05) is 32.4 Å². The van der Waals surface area contributed by atoms with Crippen LogP contribution in [0.15, 0.2) is 6.33 Å². The first-order chi connectivity index (χ1) is 13.9. The maximum atomic E-state index is 10.5. The molecule has 3 heterocycles. The van der Waals surface area contributed by atoms with Crippen LogP contribution in [0.1, 0.15) is 18.5 Å². The molecular weight excluding hydrogens is 422 g/mol. The molecule has 0 aliphatic carbocycles. The molecule has 8 N–H and O–H groups in total. The molecule has 4 atom stereocenters. The van der Waals surface area contributed by atoms with Gasteiger partial charge in [0.2, 0.25) is 0 Å². The Bertz CT molecular complexity index is 946. The normalized spacial score (nSPS) is 24.3. The highest BCUT2D eigenvalue weighted by Crippen LogP contribution is 2.33. The van der Waals surface area contributed by atoms with Crippen LogP contribution in [0.5, 0.6) is 0 Å². The van der Waals surface area contributed by atoms with Crippen molar-refractivity contribution in [2.45, 2.75) is 37.9 Å². The second-order valence-corrected chi connectivity index (χ2v) is 7.75. The number of aliphatic hydroxyl groups is 2. The molecule has 0 bridgehead atoms. The summed E-state index contributed by atoms with van der Waals surface area (Å²) in [4.78, 5) is 14.5. The van der Waals surface area contributed by atoms with Crippen molar-refractivity contribution in [3.05, 3.63) is 12.2 Å². The van der Waals surface area contributed by atoms with Crippen molar-refractivity contribution in [3.8, 4) is 0 Å². The van der Waals surface area contributed by atoms with Crippen LogP contribution in [0, 0.1) is 6.92 Å². The van der Waals surface area contributed by atoms with Gasteiger partial charge < -0.3 is 31.3 Å². The first kappa shape index (κ1) is 24.3. The summed E-state index contributed by atoms with van der Waals surface area (Å²) in [5.41, 5.74) is 12.3. The molecule has 0 unspecified atom stereocenters. The number of rotatable bonds is 6. The van der Waals surface area contributed by atoms with Gasteiger partial charge in [-0.25, -0.2) is 15.0 Å². The number of hydrogen-bond donors (Lipinski definition) is 6. The molecule has 0 spiro atoms. The Morgan fingerprint density at radius 2 is 1.90 bits per heavy atom. The summed E-state index contributed by atoms with van der Waals surface area (Å²) in [6.07, 6.45) is -1.24. The zero-order chi connectivity index (χ0) is 22.6. The molecule has 2 aromatic heterocycles. The molecule has 170 valence electrons. The van der Waals surface area contributed by atoms with E-state index in [1.807, 2.05) is 11.9 Å². The number of nitrogen functional groups attached to an aromatic ring is 1. The van der Waals surface area contributed by atoms with E-state index in [0.717, 1.165) is 13.0 Å². The molecule has 1 aliphatic heterocycles. The minimum atomic E-state index is -4.67. The van der Waals surface area contributed by atoms with E-state index in [2.05, 4.69) is 15.0 Å². The largest absolute Gasteiger partial charge is 0.394 e.